The topological polar surface area (TPSA) is 80.0 Å². The summed E-state index contributed by atoms with van der Waals surface area (Å²) < 4.78 is 0. The third-order valence-corrected chi connectivity index (χ3v) is 3.51. The molecule has 5 heteroatoms. The Kier molecular flexibility index (Phi) is 4.72. The van der Waals surface area contributed by atoms with E-state index in [1.165, 1.54) is 5.56 Å². The molecule has 0 spiro atoms. The zero-order chi connectivity index (χ0) is 16.8. The van der Waals surface area contributed by atoms with Gasteiger partial charge in [0, 0.05) is 17.8 Å². The molecule has 0 atom stereocenters. The molecule has 0 saturated carbocycles. The van der Waals surface area contributed by atoms with E-state index in [1.54, 1.807) is 30.5 Å². The lowest BCUT2D eigenvalue weighted by Crippen LogP contribution is -2.12. The second-order valence-corrected chi connectivity index (χ2v) is 5.35. The Balaban J connectivity index is 1.58. The van der Waals surface area contributed by atoms with Crippen molar-refractivity contribution in [1.29, 1.82) is 0 Å². The van der Waals surface area contributed by atoms with Crippen LogP contribution in [-0.2, 0) is 6.54 Å². The van der Waals surface area contributed by atoms with Crippen molar-refractivity contribution in [2.75, 3.05) is 16.4 Å². The van der Waals surface area contributed by atoms with Crippen molar-refractivity contribution in [2.24, 2.45) is 0 Å². The number of anilines is 3. The number of amides is 1. The van der Waals surface area contributed by atoms with Crippen molar-refractivity contribution in [2.45, 2.75) is 6.54 Å². The van der Waals surface area contributed by atoms with Crippen molar-refractivity contribution in [3.63, 3.8) is 0 Å². The molecule has 0 aliphatic heterocycles. The first kappa shape index (κ1) is 15.6. The fourth-order valence-electron chi connectivity index (χ4n) is 2.20. The van der Waals surface area contributed by atoms with Crippen molar-refractivity contribution < 1.29 is 4.79 Å². The minimum atomic E-state index is -0.193. The van der Waals surface area contributed by atoms with Gasteiger partial charge in [0.2, 0.25) is 0 Å². The highest BCUT2D eigenvalue weighted by Gasteiger charge is 2.06. The van der Waals surface area contributed by atoms with Gasteiger partial charge in [-0.25, -0.2) is 4.98 Å². The number of benzene rings is 2. The molecule has 0 fully saturated rings. The summed E-state index contributed by atoms with van der Waals surface area (Å²) in [4.78, 5) is 16.4. The Morgan fingerprint density at radius 3 is 2.38 bits per heavy atom. The summed E-state index contributed by atoms with van der Waals surface area (Å²) in [6.07, 6.45) is 1.63. The fraction of sp³-hybridized carbons (Fsp3) is 0.0526. The third kappa shape index (κ3) is 4.10. The van der Waals surface area contributed by atoms with Crippen LogP contribution in [0.5, 0.6) is 0 Å². The number of hydrogen-bond donors (Lipinski definition) is 3. The van der Waals surface area contributed by atoms with Crippen LogP contribution < -0.4 is 16.4 Å². The van der Waals surface area contributed by atoms with Crippen LogP contribution in [-0.4, -0.2) is 10.9 Å². The van der Waals surface area contributed by atoms with Crippen molar-refractivity contribution in [3.05, 3.63) is 84.1 Å². The number of aromatic nitrogens is 1. The number of rotatable bonds is 5. The summed E-state index contributed by atoms with van der Waals surface area (Å²) in [7, 11) is 0. The Labute approximate surface area is 140 Å². The zero-order valence-electron chi connectivity index (χ0n) is 13.1. The minimum absolute atomic E-state index is 0.193. The molecule has 24 heavy (non-hydrogen) atoms. The van der Waals surface area contributed by atoms with E-state index in [1.807, 2.05) is 42.5 Å². The summed E-state index contributed by atoms with van der Waals surface area (Å²) >= 11 is 0. The minimum Gasteiger partial charge on any atom is -0.399 e. The van der Waals surface area contributed by atoms with Gasteiger partial charge in [0.25, 0.3) is 5.91 Å². The van der Waals surface area contributed by atoms with E-state index in [2.05, 4.69) is 15.6 Å². The number of nitrogens with one attached hydrogen (secondary N) is 2. The van der Waals surface area contributed by atoms with Gasteiger partial charge in [0.15, 0.2) is 0 Å². The lowest BCUT2D eigenvalue weighted by atomic mass is 10.2. The van der Waals surface area contributed by atoms with E-state index in [4.69, 9.17) is 5.73 Å². The maximum absolute atomic E-state index is 12.1. The Hall–Kier alpha value is -3.34. The average molecular weight is 318 g/mol. The molecule has 0 aliphatic rings. The molecule has 120 valence electrons. The summed E-state index contributed by atoms with van der Waals surface area (Å²) in [5.74, 6) is 0.561. The highest BCUT2D eigenvalue weighted by molar-refractivity contribution is 6.04. The summed E-state index contributed by atoms with van der Waals surface area (Å²) in [5.41, 5.74) is 8.62. The first-order chi connectivity index (χ1) is 11.7. The quantitative estimate of drug-likeness (QED) is 0.629. The molecule has 1 aromatic heterocycles. The molecule has 2 aromatic carbocycles. The highest BCUT2D eigenvalue weighted by Crippen LogP contribution is 2.13. The normalized spacial score (nSPS) is 10.2. The predicted molar refractivity (Wildman–Crippen MR) is 96.8 cm³/mol. The molecule has 5 nitrogen and oxygen atoms in total. The number of nitrogen functional groups attached to an aromatic ring is 1. The van der Waals surface area contributed by atoms with E-state index >= 15 is 0 Å². The van der Waals surface area contributed by atoms with Gasteiger partial charge in [0.05, 0.1) is 11.9 Å². The number of nitrogens with two attached hydrogens (primary N) is 1. The lowest BCUT2D eigenvalue weighted by molar-refractivity contribution is 0.102. The molecule has 0 unspecified atom stereocenters. The SMILES string of the molecule is Nc1ccc(C(=O)Nc2ccc(NCc3ccccc3)nc2)cc1. The van der Waals surface area contributed by atoms with Crippen LogP contribution in [0.25, 0.3) is 0 Å². The third-order valence-electron chi connectivity index (χ3n) is 3.51. The van der Waals surface area contributed by atoms with Crippen molar-refractivity contribution in [1.82, 2.24) is 4.98 Å². The Morgan fingerprint density at radius 1 is 0.958 bits per heavy atom. The van der Waals surface area contributed by atoms with Gasteiger partial charge in [-0.1, -0.05) is 30.3 Å². The number of hydrogen-bond acceptors (Lipinski definition) is 4. The molecule has 0 saturated heterocycles. The average Bonchev–Trinajstić information content (AvgIpc) is 2.62. The number of carbonyl (C=O) groups excluding carboxylic acids is 1. The van der Waals surface area contributed by atoms with Crippen LogP contribution in [0.3, 0.4) is 0 Å². The van der Waals surface area contributed by atoms with Crippen LogP contribution in [0, 0.1) is 0 Å². The van der Waals surface area contributed by atoms with Gasteiger partial charge in [-0.05, 0) is 42.0 Å². The maximum atomic E-state index is 12.1. The second-order valence-electron chi connectivity index (χ2n) is 5.35. The van der Waals surface area contributed by atoms with Gasteiger partial charge in [0.1, 0.15) is 5.82 Å². The molecule has 1 amide bonds. The lowest BCUT2D eigenvalue weighted by Gasteiger charge is -2.08. The molecule has 0 aliphatic carbocycles. The van der Waals surface area contributed by atoms with E-state index in [0.717, 1.165) is 5.82 Å². The fourth-order valence-corrected chi connectivity index (χ4v) is 2.20. The predicted octanol–water partition coefficient (Wildman–Crippen LogP) is 3.53. The monoisotopic (exact) mass is 318 g/mol. The second kappa shape index (κ2) is 7.28. The molecular weight excluding hydrogens is 300 g/mol. The van der Waals surface area contributed by atoms with Crippen molar-refractivity contribution >= 4 is 23.1 Å². The molecule has 1 heterocycles. The van der Waals surface area contributed by atoms with E-state index in [9.17, 15) is 4.79 Å². The number of nitrogens with zero attached hydrogens (tertiary/aromatic N) is 1. The summed E-state index contributed by atoms with van der Waals surface area (Å²) in [6, 6.07) is 20.5. The first-order valence-corrected chi connectivity index (χ1v) is 7.61. The Bertz CT molecular complexity index is 799. The smallest absolute Gasteiger partial charge is 0.255 e. The highest BCUT2D eigenvalue weighted by atomic mass is 16.1. The van der Waals surface area contributed by atoms with Crippen LogP contribution in [0.2, 0.25) is 0 Å². The first-order valence-electron chi connectivity index (χ1n) is 7.61. The van der Waals surface area contributed by atoms with Crippen molar-refractivity contribution in [3.8, 4) is 0 Å². The number of carbonyl (C=O) groups is 1. The van der Waals surface area contributed by atoms with Crippen LogP contribution in [0.15, 0.2) is 72.9 Å². The standard InChI is InChI=1S/C19H18N4O/c20-16-8-6-15(7-9-16)19(24)23-17-10-11-18(22-13-17)21-12-14-4-2-1-3-5-14/h1-11,13H,12,20H2,(H,21,22)(H,23,24). The molecule has 4 N–H and O–H groups in total. The molecule has 3 aromatic rings. The van der Waals surface area contributed by atoms with E-state index < -0.39 is 0 Å². The summed E-state index contributed by atoms with van der Waals surface area (Å²) in [6.45, 7) is 0.699. The zero-order valence-corrected chi connectivity index (χ0v) is 13.1. The van der Waals surface area contributed by atoms with E-state index in [0.29, 0.717) is 23.5 Å². The largest absolute Gasteiger partial charge is 0.399 e. The maximum Gasteiger partial charge on any atom is 0.255 e. The Morgan fingerprint density at radius 2 is 1.71 bits per heavy atom. The van der Waals surface area contributed by atoms with Gasteiger partial charge in [-0.3, -0.25) is 4.79 Å². The van der Waals surface area contributed by atoms with E-state index in [-0.39, 0.29) is 5.91 Å². The summed E-state index contributed by atoms with van der Waals surface area (Å²) in [5, 5.41) is 6.05. The molecule has 0 bridgehead atoms. The molecule has 3 rings (SSSR count). The number of pyridine rings is 1. The van der Waals surface area contributed by atoms with Gasteiger partial charge in [-0.15, -0.1) is 0 Å². The van der Waals surface area contributed by atoms with Crippen LogP contribution in [0.4, 0.5) is 17.2 Å². The van der Waals surface area contributed by atoms with Crippen LogP contribution >= 0.6 is 0 Å². The van der Waals surface area contributed by atoms with Crippen LogP contribution in [0.1, 0.15) is 15.9 Å². The van der Waals surface area contributed by atoms with Gasteiger partial charge < -0.3 is 16.4 Å². The van der Waals surface area contributed by atoms with Gasteiger partial charge in [-0.2, -0.15) is 0 Å². The van der Waals surface area contributed by atoms with Gasteiger partial charge >= 0.3 is 0 Å². The molecule has 0 radical (unpaired) electrons. The molecular formula is C19H18N4O.